The topological polar surface area (TPSA) is 72.0 Å². The maximum absolute atomic E-state index is 5.67. The number of nitrogens with zero attached hydrogens (tertiary/aromatic N) is 4. The smallest absolute Gasteiger partial charge is 0.231 e. The standard InChI is InChI=1S/C21H27N5O3/c1-2-17(27-11-1)13-23-20-5-6-22-21(24-20)26-9-7-25(8-10-26)14-16-3-4-18-19(12-16)29-15-28-18/h3-6,12,17H,1-2,7-11,13-15H2,(H,22,23,24). The zero-order valence-electron chi connectivity index (χ0n) is 16.5. The van der Waals surface area contributed by atoms with Gasteiger partial charge in [-0.15, -0.1) is 0 Å². The average molecular weight is 397 g/mol. The number of aromatic nitrogens is 2. The van der Waals surface area contributed by atoms with Crippen molar-refractivity contribution in [1.29, 1.82) is 0 Å². The molecule has 1 aromatic carbocycles. The van der Waals surface area contributed by atoms with Gasteiger partial charge in [0.25, 0.3) is 0 Å². The number of piperazine rings is 1. The molecule has 1 N–H and O–H groups in total. The van der Waals surface area contributed by atoms with E-state index in [1.165, 1.54) is 5.56 Å². The van der Waals surface area contributed by atoms with E-state index in [4.69, 9.17) is 19.2 Å². The van der Waals surface area contributed by atoms with Crippen LogP contribution in [0.4, 0.5) is 11.8 Å². The van der Waals surface area contributed by atoms with Crippen molar-refractivity contribution in [3.05, 3.63) is 36.0 Å². The molecule has 3 aliphatic rings. The fourth-order valence-corrected chi connectivity index (χ4v) is 4.03. The van der Waals surface area contributed by atoms with Crippen LogP contribution in [0.1, 0.15) is 18.4 Å². The van der Waals surface area contributed by atoms with Crippen molar-refractivity contribution in [1.82, 2.24) is 14.9 Å². The SMILES string of the molecule is c1cc(NCC2CCCO2)nc(N2CCN(Cc3ccc4c(c3)OCO4)CC2)n1. The Balaban J connectivity index is 1.14. The number of hydrogen-bond donors (Lipinski definition) is 1. The zero-order valence-corrected chi connectivity index (χ0v) is 16.5. The summed E-state index contributed by atoms with van der Waals surface area (Å²) in [6, 6.07) is 8.12. The molecule has 0 saturated carbocycles. The molecule has 4 heterocycles. The first-order valence-electron chi connectivity index (χ1n) is 10.4. The minimum Gasteiger partial charge on any atom is -0.454 e. The summed E-state index contributed by atoms with van der Waals surface area (Å²) in [6.45, 7) is 6.70. The van der Waals surface area contributed by atoms with E-state index < -0.39 is 0 Å². The fraction of sp³-hybridized carbons (Fsp3) is 0.524. The highest BCUT2D eigenvalue weighted by Gasteiger charge is 2.21. The lowest BCUT2D eigenvalue weighted by Crippen LogP contribution is -2.46. The fourth-order valence-electron chi connectivity index (χ4n) is 4.03. The predicted molar refractivity (Wildman–Crippen MR) is 110 cm³/mol. The van der Waals surface area contributed by atoms with E-state index in [-0.39, 0.29) is 0 Å². The van der Waals surface area contributed by atoms with E-state index in [9.17, 15) is 0 Å². The molecule has 5 rings (SSSR count). The zero-order chi connectivity index (χ0) is 19.5. The molecule has 0 bridgehead atoms. The highest BCUT2D eigenvalue weighted by Crippen LogP contribution is 2.32. The van der Waals surface area contributed by atoms with Crippen LogP contribution >= 0.6 is 0 Å². The van der Waals surface area contributed by atoms with Gasteiger partial charge in [0.1, 0.15) is 5.82 Å². The second kappa shape index (κ2) is 8.42. The molecule has 1 unspecified atom stereocenters. The number of fused-ring (bicyclic) bond motifs is 1. The normalized spacial score (nSPS) is 21.5. The van der Waals surface area contributed by atoms with Gasteiger partial charge in [-0.05, 0) is 36.6 Å². The van der Waals surface area contributed by atoms with Gasteiger partial charge in [-0.2, -0.15) is 4.98 Å². The van der Waals surface area contributed by atoms with Crippen LogP contribution in [0, 0.1) is 0 Å². The summed E-state index contributed by atoms with van der Waals surface area (Å²) in [5.74, 6) is 3.35. The molecule has 0 aliphatic carbocycles. The van der Waals surface area contributed by atoms with Crippen molar-refractivity contribution in [2.45, 2.75) is 25.5 Å². The Labute approximate surface area is 170 Å². The molecule has 0 spiro atoms. The van der Waals surface area contributed by atoms with Gasteiger partial charge in [-0.25, -0.2) is 4.98 Å². The van der Waals surface area contributed by atoms with Crippen molar-refractivity contribution in [2.24, 2.45) is 0 Å². The first-order valence-corrected chi connectivity index (χ1v) is 10.4. The van der Waals surface area contributed by atoms with Crippen molar-refractivity contribution in [2.75, 3.05) is 56.3 Å². The Morgan fingerprint density at radius 3 is 2.83 bits per heavy atom. The van der Waals surface area contributed by atoms with E-state index in [1.54, 1.807) is 0 Å². The maximum Gasteiger partial charge on any atom is 0.231 e. The molecule has 2 aromatic rings. The summed E-state index contributed by atoms with van der Waals surface area (Å²) < 4.78 is 16.6. The summed E-state index contributed by atoms with van der Waals surface area (Å²) >= 11 is 0. The van der Waals surface area contributed by atoms with Gasteiger partial charge in [0.15, 0.2) is 11.5 Å². The quantitative estimate of drug-likeness (QED) is 0.795. The Kier molecular flexibility index (Phi) is 5.36. The second-order valence-corrected chi connectivity index (χ2v) is 7.71. The van der Waals surface area contributed by atoms with Gasteiger partial charge in [-0.1, -0.05) is 6.07 Å². The van der Waals surface area contributed by atoms with Gasteiger partial charge in [0, 0.05) is 52.1 Å². The molecule has 0 radical (unpaired) electrons. The van der Waals surface area contributed by atoms with Crippen LogP contribution in [-0.4, -0.2) is 67.1 Å². The number of ether oxygens (including phenoxy) is 3. The number of hydrogen-bond acceptors (Lipinski definition) is 8. The van der Waals surface area contributed by atoms with E-state index in [0.29, 0.717) is 12.9 Å². The van der Waals surface area contributed by atoms with Gasteiger partial charge < -0.3 is 24.4 Å². The highest BCUT2D eigenvalue weighted by atomic mass is 16.7. The molecular weight excluding hydrogens is 370 g/mol. The van der Waals surface area contributed by atoms with Crippen LogP contribution in [0.2, 0.25) is 0 Å². The van der Waals surface area contributed by atoms with Crippen LogP contribution in [0.25, 0.3) is 0 Å². The summed E-state index contributed by atoms with van der Waals surface area (Å²) in [5, 5.41) is 3.39. The molecule has 0 amide bonds. The third-order valence-electron chi connectivity index (χ3n) is 5.68. The molecule has 1 aromatic heterocycles. The lowest BCUT2D eigenvalue weighted by molar-refractivity contribution is 0.120. The number of rotatable bonds is 6. The monoisotopic (exact) mass is 397 g/mol. The summed E-state index contributed by atoms with van der Waals surface area (Å²) in [6.07, 6.45) is 4.40. The van der Waals surface area contributed by atoms with Gasteiger partial charge >= 0.3 is 0 Å². The summed E-state index contributed by atoms with van der Waals surface area (Å²) in [4.78, 5) is 13.9. The molecule has 154 valence electrons. The molecular formula is C21H27N5O3. The third-order valence-corrected chi connectivity index (χ3v) is 5.68. The number of benzene rings is 1. The predicted octanol–water partition coefficient (Wildman–Crippen LogP) is 2.12. The highest BCUT2D eigenvalue weighted by molar-refractivity contribution is 5.44. The Bertz CT molecular complexity index is 835. The largest absolute Gasteiger partial charge is 0.454 e. The van der Waals surface area contributed by atoms with Crippen LogP contribution in [-0.2, 0) is 11.3 Å². The van der Waals surface area contributed by atoms with Crippen LogP contribution < -0.4 is 19.7 Å². The number of nitrogens with one attached hydrogen (secondary N) is 1. The molecule has 8 nitrogen and oxygen atoms in total. The van der Waals surface area contributed by atoms with Crippen molar-refractivity contribution in [3.8, 4) is 11.5 Å². The molecule has 1 atom stereocenters. The van der Waals surface area contributed by atoms with E-state index >= 15 is 0 Å². The van der Waals surface area contributed by atoms with E-state index in [1.807, 2.05) is 18.3 Å². The lowest BCUT2D eigenvalue weighted by Gasteiger charge is -2.34. The first-order chi connectivity index (χ1) is 14.3. The molecule has 2 fully saturated rings. The second-order valence-electron chi connectivity index (χ2n) is 7.71. The van der Waals surface area contributed by atoms with Crippen molar-refractivity contribution >= 4 is 11.8 Å². The molecule has 8 heteroatoms. The maximum atomic E-state index is 5.67. The molecule has 3 aliphatic heterocycles. The molecule has 2 saturated heterocycles. The van der Waals surface area contributed by atoms with Crippen molar-refractivity contribution < 1.29 is 14.2 Å². The lowest BCUT2D eigenvalue weighted by atomic mass is 10.1. The molecule has 29 heavy (non-hydrogen) atoms. The average Bonchev–Trinajstić information content (AvgIpc) is 3.45. The van der Waals surface area contributed by atoms with E-state index in [0.717, 1.165) is 82.0 Å². The Morgan fingerprint density at radius 1 is 1.07 bits per heavy atom. The van der Waals surface area contributed by atoms with Gasteiger partial charge in [-0.3, -0.25) is 4.90 Å². The van der Waals surface area contributed by atoms with Crippen LogP contribution in [0.3, 0.4) is 0 Å². The van der Waals surface area contributed by atoms with E-state index in [2.05, 4.69) is 32.2 Å². The third kappa shape index (κ3) is 4.38. The van der Waals surface area contributed by atoms with Gasteiger partial charge in [0.05, 0.1) is 6.10 Å². The minimum absolute atomic E-state index is 0.299. The van der Waals surface area contributed by atoms with Crippen LogP contribution in [0.15, 0.2) is 30.5 Å². The Hall–Kier alpha value is -2.58. The first kappa shape index (κ1) is 18.4. The van der Waals surface area contributed by atoms with Crippen molar-refractivity contribution in [3.63, 3.8) is 0 Å². The Morgan fingerprint density at radius 2 is 1.97 bits per heavy atom. The minimum atomic E-state index is 0.299. The number of anilines is 2. The summed E-state index contributed by atoms with van der Waals surface area (Å²) in [5.41, 5.74) is 1.25. The van der Waals surface area contributed by atoms with Gasteiger partial charge in [0.2, 0.25) is 12.7 Å². The van der Waals surface area contributed by atoms with Crippen LogP contribution in [0.5, 0.6) is 11.5 Å². The summed E-state index contributed by atoms with van der Waals surface area (Å²) in [7, 11) is 0.